The normalized spacial score (nSPS) is 11.7. The van der Waals surface area contributed by atoms with Crippen LogP contribution in [0.5, 0.6) is 5.75 Å². The van der Waals surface area contributed by atoms with Crippen LogP contribution in [0.25, 0.3) is 16.9 Å². The van der Waals surface area contributed by atoms with Crippen LogP contribution in [-0.4, -0.2) is 48.3 Å². The van der Waals surface area contributed by atoms with Crippen molar-refractivity contribution in [2.45, 2.75) is 4.90 Å². The summed E-state index contributed by atoms with van der Waals surface area (Å²) in [6.07, 6.45) is 5.32. The Hall–Kier alpha value is -3.43. The lowest BCUT2D eigenvalue weighted by Gasteiger charge is -2.12. The van der Waals surface area contributed by atoms with Crippen molar-refractivity contribution in [1.29, 1.82) is 0 Å². The molecule has 0 aliphatic heterocycles. The topological polar surface area (TPSA) is 88.8 Å². The first-order valence-electron chi connectivity index (χ1n) is 9.16. The van der Waals surface area contributed by atoms with Crippen molar-refractivity contribution in [3.05, 3.63) is 67.1 Å². The van der Waals surface area contributed by atoms with Gasteiger partial charge >= 0.3 is 0 Å². The summed E-state index contributed by atoms with van der Waals surface area (Å²) < 4.78 is 32.8. The molecule has 30 heavy (non-hydrogen) atoms. The highest BCUT2D eigenvalue weighted by atomic mass is 32.2. The van der Waals surface area contributed by atoms with E-state index < -0.39 is 10.0 Å². The smallest absolute Gasteiger partial charge is 0.242 e. The maximum Gasteiger partial charge on any atom is 0.242 e. The predicted octanol–water partition coefficient (Wildman–Crippen LogP) is 3.40. The van der Waals surface area contributed by atoms with E-state index in [1.807, 2.05) is 34.9 Å². The quantitative estimate of drug-likeness (QED) is 0.511. The molecule has 0 saturated heterocycles. The van der Waals surface area contributed by atoms with Crippen LogP contribution in [0.4, 0.5) is 11.5 Å². The molecule has 0 aliphatic rings. The second-order valence-electron chi connectivity index (χ2n) is 6.78. The molecule has 2 aromatic carbocycles. The number of sulfonamides is 1. The zero-order valence-electron chi connectivity index (χ0n) is 16.8. The van der Waals surface area contributed by atoms with Crippen molar-refractivity contribution in [3.8, 4) is 17.0 Å². The van der Waals surface area contributed by atoms with Crippen LogP contribution >= 0.6 is 0 Å². The molecule has 0 atom stereocenters. The van der Waals surface area contributed by atoms with Gasteiger partial charge in [0.1, 0.15) is 5.75 Å². The summed E-state index contributed by atoms with van der Waals surface area (Å²) in [5.41, 5.74) is 3.29. The highest BCUT2D eigenvalue weighted by Gasteiger charge is 2.17. The molecule has 4 rings (SSSR count). The van der Waals surface area contributed by atoms with Crippen molar-refractivity contribution < 1.29 is 13.2 Å². The number of hydrogen-bond donors (Lipinski definition) is 1. The van der Waals surface area contributed by atoms with Crippen LogP contribution in [0.3, 0.4) is 0 Å². The first-order valence-corrected chi connectivity index (χ1v) is 10.6. The number of anilines is 2. The van der Waals surface area contributed by atoms with Gasteiger partial charge in [-0.2, -0.15) is 0 Å². The van der Waals surface area contributed by atoms with E-state index in [1.54, 1.807) is 43.8 Å². The van der Waals surface area contributed by atoms with Gasteiger partial charge in [-0.15, -0.1) is 0 Å². The van der Waals surface area contributed by atoms with E-state index in [2.05, 4.69) is 15.3 Å². The van der Waals surface area contributed by atoms with E-state index in [1.165, 1.54) is 18.4 Å². The van der Waals surface area contributed by atoms with E-state index >= 15 is 0 Å². The number of hydrogen-bond acceptors (Lipinski definition) is 6. The molecule has 0 aliphatic carbocycles. The Morgan fingerprint density at radius 1 is 1.00 bits per heavy atom. The van der Waals surface area contributed by atoms with Crippen LogP contribution in [0.15, 0.2) is 72.0 Å². The number of nitrogens with zero attached hydrogens (tertiary/aromatic N) is 4. The molecule has 0 amide bonds. The number of methoxy groups -OCH3 is 1. The maximum absolute atomic E-state index is 12.2. The lowest BCUT2D eigenvalue weighted by molar-refractivity contribution is 0.415. The first kappa shape index (κ1) is 19.9. The standard InChI is InChI=1S/C21H21N5O3S/c1-25(2)30(27,28)18-10-6-16(7-11-18)24-20-21-23-14-19(26(21)13-12-22-20)15-4-8-17(29-3)9-5-15/h4-14H,1-3H3,(H,22,24). The van der Waals surface area contributed by atoms with Crippen LogP contribution in [0.2, 0.25) is 0 Å². The summed E-state index contributed by atoms with van der Waals surface area (Å²) in [4.78, 5) is 9.14. The van der Waals surface area contributed by atoms with E-state index in [4.69, 9.17) is 4.74 Å². The zero-order chi connectivity index (χ0) is 21.3. The maximum atomic E-state index is 12.2. The molecule has 154 valence electrons. The third-order valence-electron chi connectivity index (χ3n) is 4.71. The van der Waals surface area contributed by atoms with Gasteiger partial charge in [-0.05, 0) is 48.5 Å². The molecule has 0 bridgehead atoms. The molecule has 8 nitrogen and oxygen atoms in total. The van der Waals surface area contributed by atoms with Crippen LogP contribution in [-0.2, 0) is 10.0 Å². The summed E-state index contributed by atoms with van der Waals surface area (Å²) in [5.74, 6) is 1.36. The molecule has 4 aromatic rings. The number of ether oxygens (including phenoxy) is 1. The minimum Gasteiger partial charge on any atom is -0.497 e. The fourth-order valence-electron chi connectivity index (χ4n) is 3.04. The van der Waals surface area contributed by atoms with Gasteiger partial charge in [-0.1, -0.05) is 0 Å². The zero-order valence-corrected chi connectivity index (χ0v) is 17.6. The van der Waals surface area contributed by atoms with Crippen molar-refractivity contribution in [2.75, 3.05) is 26.5 Å². The molecule has 0 radical (unpaired) electrons. The van der Waals surface area contributed by atoms with Crippen molar-refractivity contribution >= 4 is 27.2 Å². The van der Waals surface area contributed by atoms with Gasteiger partial charge in [0.15, 0.2) is 11.5 Å². The minimum atomic E-state index is -3.47. The predicted molar refractivity (Wildman–Crippen MR) is 116 cm³/mol. The molecular weight excluding hydrogens is 402 g/mol. The number of aromatic nitrogens is 3. The van der Waals surface area contributed by atoms with Gasteiger partial charge in [-0.3, -0.25) is 4.40 Å². The Morgan fingerprint density at radius 3 is 2.33 bits per heavy atom. The van der Waals surface area contributed by atoms with E-state index in [9.17, 15) is 8.42 Å². The fraction of sp³-hybridized carbons (Fsp3) is 0.143. The lowest BCUT2D eigenvalue weighted by Crippen LogP contribution is -2.22. The minimum absolute atomic E-state index is 0.229. The van der Waals surface area contributed by atoms with Gasteiger partial charge in [0.05, 0.1) is 23.9 Å². The molecule has 2 aromatic heterocycles. The largest absolute Gasteiger partial charge is 0.497 e. The monoisotopic (exact) mass is 423 g/mol. The Labute approximate surface area is 174 Å². The summed E-state index contributed by atoms with van der Waals surface area (Å²) in [6, 6.07) is 14.3. The number of fused-ring (bicyclic) bond motifs is 1. The molecule has 0 unspecified atom stereocenters. The van der Waals surface area contributed by atoms with E-state index in [-0.39, 0.29) is 4.90 Å². The first-order chi connectivity index (χ1) is 14.4. The van der Waals surface area contributed by atoms with Gasteiger partial charge in [0.25, 0.3) is 0 Å². The van der Waals surface area contributed by atoms with Crippen LogP contribution in [0, 0.1) is 0 Å². The molecule has 9 heteroatoms. The SMILES string of the molecule is COc1ccc(-c2cnc3c(Nc4ccc(S(=O)(=O)N(C)C)cc4)nccn23)cc1. The van der Waals surface area contributed by atoms with Crippen LogP contribution < -0.4 is 10.1 Å². The summed E-state index contributed by atoms with van der Waals surface area (Å²) in [5, 5.41) is 3.21. The number of benzene rings is 2. The fourth-order valence-corrected chi connectivity index (χ4v) is 3.94. The third-order valence-corrected chi connectivity index (χ3v) is 6.54. The Morgan fingerprint density at radius 2 is 1.70 bits per heavy atom. The molecule has 1 N–H and O–H groups in total. The van der Waals surface area contributed by atoms with Crippen molar-refractivity contribution in [3.63, 3.8) is 0 Å². The number of imidazole rings is 1. The molecular formula is C21H21N5O3S. The summed E-state index contributed by atoms with van der Waals surface area (Å²) in [7, 11) is 1.17. The molecule has 2 heterocycles. The average molecular weight is 423 g/mol. The van der Waals surface area contributed by atoms with Crippen LogP contribution in [0.1, 0.15) is 0 Å². The number of nitrogens with one attached hydrogen (secondary N) is 1. The van der Waals surface area contributed by atoms with Crippen molar-refractivity contribution in [2.24, 2.45) is 0 Å². The van der Waals surface area contributed by atoms with Crippen molar-refractivity contribution in [1.82, 2.24) is 18.7 Å². The second-order valence-corrected chi connectivity index (χ2v) is 8.93. The second kappa shape index (κ2) is 7.77. The summed E-state index contributed by atoms with van der Waals surface area (Å²) >= 11 is 0. The number of rotatable bonds is 6. The Balaban J connectivity index is 1.65. The average Bonchev–Trinajstić information content (AvgIpc) is 3.19. The molecule has 0 saturated carbocycles. The van der Waals surface area contributed by atoms with Gasteiger partial charge in [0, 0.05) is 37.7 Å². The highest BCUT2D eigenvalue weighted by molar-refractivity contribution is 7.89. The molecule has 0 spiro atoms. The lowest BCUT2D eigenvalue weighted by atomic mass is 10.1. The molecule has 0 fully saturated rings. The third kappa shape index (κ3) is 3.60. The Kier molecular flexibility index (Phi) is 5.15. The highest BCUT2D eigenvalue weighted by Crippen LogP contribution is 2.27. The van der Waals surface area contributed by atoms with Gasteiger partial charge in [0.2, 0.25) is 10.0 Å². The van der Waals surface area contributed by atoms with Gasteiger partial charge < -0.3 is 10.1 Å². The summed E-state index contributed by atoms with van der Waals surface area (Å²) in [6.45, 7) is 0. The van der Waals surface area contributed by atoms with E-state index in [0.717, 1.165) is 17.0 Å². The Bertz CT molecular complexity index is 1280. The van der Waals surface area contributed by atoms with E-state index in [0.29, 0.717) is 17.2 Å². The van der Waals surface area contributed by atoms with Gasteiger partial charge in [-0.25, -0.2) is 22.7 Å².